The zero-order valence-corrected chi connectivity index (χ0v) is 15.1. The monoisotopic (exact) mass is 340 g/mol. The van der Waals surface area contributed by atoms with Gasteiger partial charge in [0.2, 0.25) is 11.8 Å². The fourth-order valence-electron chi connectivity index (χ4n) is 2.49. The van der Waals surface area contributed by atoms with Crippen molar-refractivity contribution in [3.05, 3.63) is 53.6 Å². The van der Waals surface area contributed by atoms with E-state index in [2.05, 4.69) is 5.32 Å². The molecule has 0 aliphatic rings. The van der Waals surface area contributed by atoms with Crippen LogP contribution in [0.15, 0.2) is 42.5 Å². The Morgan fingerprint density at radius 3 is 2.28 bits per heavy atom. The van der Waals surface area contributed by atoms with Crippen LogP contribution in [-0.4, -0.2) is 25.5 Å². The summed E-state index contributed by atoms with van der Waals surface area (Å²) < 4.78 is 5.12. The van der Waals surface area contributed by atoms with Crippen LogP contribution < -0.4 is 15.0 Å². The number of carbonyl (C=O) groups excluding carboxylic acids is 2. The van der Waals surface area contributed by atoms with Crippen molar-refractivity contribution in [1.82, 2.24) is 0 Å². The highest BCUT2D eigenvalue weighted by Gasteiger charge is 2.14. The molecule has 0 bridgehead atoms. The van der Waals surface area contributed by atoms with E-state index in [0.717, 1.165) is 22.7 Å². The standard InChI is InChI=1S/C20H24N2O3/c1-14-5-6-17(13-15(14)2)21-20(24)11-12-22(16(3)23)18-7-9-19(25-4)10-8-18/h5-10,13H,11-12H2,1-4H3,(H,21,24). The van der Waals surface area contributed by atoms with Crippen LogP contribution in [0.5, 0.6) is 5.75 Å². The van der Waals surface area contributed by atoms with Gasteiger partial charge < -0.3 is 15.0 Å². The molecule has 0 aromatic heterocycles. The topological polar surface area (TPSA) is 58.6 Å². The van der Waals surface area contributed by atoms with Crippen LogP contribution in [0.4, 0.5) is 11.4 Å². The first-order chi connectivity index (χ1) is 11.9. The number of ether oxygens (including phenoxy) is 1. The van der Waals surface area contributed by atoms with E-state index in [1.165, 1.54) is 12.5 Å². The fourth-order valence-corrected chi connectivity index (χ4v) is 2.49. The highest BCUT2D eigenvalue weighted by molar-refractivity contribution is 5.94. The van der Waals surface area contributed by atoms with Crippen molar-refractivity contribution in [2.24, 2.45) is 0 Å². The van der Waals surface area contributed by atoms with Crippen LogP contribution in [0.1, 0.15) is 24.5 Å². The molecule has 2 rings (SSSR count). The third-order valence-corrected chi connectivity index (χ3v) is 4.12. The lowest BCUT2D eigenvalue weighted by Gasteiger charge is -2.21. The molecule has 2 aromatic carbocycles. The average molecular weight is 340 g/mol. The van der Waals surface area contributed by atoms with Gasteiger partial charge in [-0.05, 0) is 61.4 Å². The number of benzene rings is 2. The summed E-state index contributed by atoms with van der Waals surface area (Å²) in [5, 5.41) is 2.88. The minimum absolute atomic E-state index is 0.107. The maximum absolute atomic E-state index is 12.2. The summed E-state index contributed by atoms with van der Waals surface area (Å²) in [7, 11) is 1.59. The van der Waals surface area contributed by atoms with Gasteiger partial charge in [0.15, 0.2) is 0 Å². The summed E-state index contributed by atoms with van der Waals surface area (Å²) in [6.07, 6.45) is 0.221. The molecular formula is C20H24N2O3. The Morgan fingerprint density at radius 2 is 1.72 bits per heavy atom. The Kier molecular flexibility index (Phi) is 6.17. The molecule has 5 nitrogen and oxygen atoms in total. The van der Waals surface area contributed by atoms with Crippen molar-refractivity contribution in [2.45, 2.75) is 27.2 Å². The van der Waals surface area contributed by atoms with Crippen molar-refractivity contribution >= 4 is 23.2 Å². The molecule has 132 valence electrons. The first kappa shape index (κ1) is 18.5. The largest absolute Gasteiger partial charge is 0.497 e. The molecule has 0 heterocycles. The number of rotatable bonds is 6. The van der Waals surface area contributed by atoms with Gasteiger partial charge in [-0.3, -0.25) is 9.59 Å². The molecule has 0 atom stereocenters. The van der Waals surface area contributed by atoms with Gasteiger partial charge in [0.25, 0.3) is 0 Å². The Balaban J connectivity index is 1.98. The van der Waals surface area contributed by atoms with Crippen LogP contribution in [0, 0.1) is 13.8 Å². The SMILES string of the molecule is COc1ccc(N(CCC(=O)Nc2ccc(C)c(C)c2)C(C)=O)cc1. The zero-order chi connectivity index (χ0) is 18.4. The van der Waals surface area contributed by atoms with Crippen molar-refractivity contribution in [2.75, 3.05) is 23.9 Å². The summed E-state index contributed by atoms with van der Waals surface area (Å²) in [6, 6.07) is 13.0. The number of carbonyl (C=O) groups is 2. The summed E-state index contributed by atoms with van der Waals surface area (Å²) in [5.74, 6) is 0.492. The molecule has 1 N–H and O–H groups in total. The fraction of sp³-hybridized carbons (Fsp3) is 0.300. The van der Waals surface area contributed by atoms with E-state index < -0.39 is 0 Å². The molecule has 0 aliphatic carbocycles. The second kappa shape index (κ2) is 8.33. The van der Waals surface area contributed by atoms with Crippen molar-refractivity contribution < 1.29 is 14.3 Å². The Hall–Kier alpha value is -2.82. The number of hydrogen-bond acceptors (Lipinski definition) is 3. The number of amides is 2. The second-order valence-electron chi connectivity index (χ2n) is 5.97. The Bertz CT molecular complexity index is 754. The second-order valence-corrected chi connectivity index (χ2v) is 5.97. The van der Waals surface area contributed by atoms with E-state index in [1.807, 2.05) is 44.2 Å². The Morgan fingerprint density at radius 1 is 1.04 bits per heavy atom. The quantitative estimate of drug-likeness (QED) is 0.872. The molecule has 0 fully saturated rings. The van der Waals surface area contributed by atoms with Crippen LogP contribution in [0.25, 0.3) is 0 Å². The van der Waals surface area contributed by atoms with Crippen LogP contribution in [0.3, 0.4) is 0 Å². The van der Waals surface area contributed by atoms with Crippen LogP contribution in [0.2, 0.25) is 0 Å². The lowest BCUT2D eigenvalue weighted by atomic mass is 10.1. The van der Waals surface area contributed by atoms with E-state index in [1.54, 1.807) is 24.1 Å². The van der Waals surface area contributed by atoms with E-state index in [9.17, 15) is 9.59 Å². The van der Waals surface area contributed by atoms with E-state index in [0.29, 0.717) is 6.54 Å². The van der Waals surface area contributed by atoms with Gasteiger partial charge in [-0.2, -0.15) is 0 Å². The third-order valence-electron chi connectivity index (χ3n) is 4.12. The van der Waals surface area contributed by atoms with Crippen LogP contribution in [-0.2, 0) is 9.59 Å². The van der Waals surface area contributed by atoms with Gasteiger partial charge in [0.1, 0.15) is 5.75 Å². The summed E-state index contributed by atoms with van der Waals surface area (Å²) in [5.41, 5.74) is 3.82. The summed E-state index contributed by atoms with van der Waals surface area (Å²) in [6.45, 7) is 5.84. The first-order valence-corrected chi connectivity index (χ1v) is 8.20. The number of methoxy groups -OCH3 is 1. The molecule has 0 spiro atoms. The van der Waals surface area contributed by atoms with Gasteiger partial charge in [-0.1, -0.05) is 6.07 Å². The zero-order valence-electron chi connectivity index (χ0n) is 15.1. The minimum Gasteiger partial charge on any atom is -0.497 e. The predicted octanol–water partition coefficient (Wildman–Crippen LogP) is 3.69. The van der Waals surface area contributed by atoms with E-state index >= 15 is 0 Å². The number of nitrogens with one attached hydrogen (secondary N) is 1. The van der Waals surface area contributed by atoms with Crippen molar-refractivity contribution in [1.29, 1.82) is 0 Å². The highest BCUT2D eigenvalue weighted by Crippen LogP contribution is 2.20. The lowest BCUT2D eigenvalue weighted by molar-refractivity contribution is -0.117. The molecule has 2 aromatic rings. The number of anilines is 2. The maximum Gasteiger partial charge on any atom is 0.226 e. The summed E-state index contributed by atoms with van der Waals surface area (Å²) >= 11 is 0. The molecule has 0 radical (unpaired) electrons. The minimum atomic E-state index is -0.122. The van der Waals surface area contributed by atoms with Gasteiger partial charge in [-0.15, -0.1) is 0 Å². The van der Waals surface area contributed by atoms with E-state index in [-0.39, 0.29) is 18.2 Å². The van der Waals surface area contributed by atoms with Gasteiger partial charge in [0, 0.05) is 31.3 Å². The molecule has 0 saturated heterocycles. The third kappa shape index (κ3) is 5.08. The molecule has 0 unspecified atom stereocenters. The highest BCUT2D eigenvalue weighted by atomic mass is 16.5. The van der Waals surface area contributed by atoms with Gasteiger partial charge in [0.05, 0.1) is 7.11 Å². The van der Waals surface area contributed by atoms with Crippen LogP contribution >= 0.6 is 0 Å². The average Bonchev–Trinajstić information content (AvgIpc) is 2.58. The normalized spacial score (nSPS) is 10.2. The molecular weight excluding hydrogens is 316 g/mol. The number of aryl methyl sites for hydroxylation is 2. The summed E-state index contributed by atoms with van der Waals surface area (Å²) in [4.78, 5) is 25.7. The lowest BCUT2D eigenvalue weighted by Crippen LogP contribution is -2.31. The predicted molar refractivity (Wildman–Crippen MR) is 100 cm³/mol. The molecule has 0 aliphatic heterocycles. The van der Waals surface area contributed by atoms with Crippen molar-refractivity contribution in [3.8, 4) is 5.75 Å². The smallest absolute Gasteiger partial charge is 0.226 e. The molecule has 2 amide bonds. The molecule has 25 heavy (non-hydrogen) atoms. The Labute approximate surface area is 148 Å². The maximum atomic E-state index is 12.2. The van der Waals surface area contributed by atoms with Gasteiger partial charge >= 0.3 is 0 Å². The molecule has 5 heteroatoms. The number of hydrogen-bond donors (Lipinski definition) is 1. The first-order valence-electron chi connectivity index (χ1n) is 8.20. The molecule has 0 saturated carbocycles. The van der Waals surface area contributed by atoms with E-state index in [4.69, 9.17) is 4.74 Å². The number of nitrogens with zero attached hydrogens (tertiary/aromatic N) is 1. The van der Waals surface area contributed by atoms with Crippen molar-refractivity contribution in [3.63, 3.8) is 0 Å². The van der Waals surface area contributed by atoms with Gasteiger partial charge in [-0.25, -0.2) is 0 Å².